The first-order valence-electron chi connectivity index (χ1n) is 4.70. The lowest BCUT2D eigenvalue weighted by atomic mass is 10.1. The van der Waals surface area contributed by atoms with Crippen molar-refractivity contribution >= 4 is 17.6 Å². The number of carbonyl (C=O) groups excluding carboxylic acids is 1. The number of hydrogen-bond donors (Lipinski definition) is 0. The lowest BCUT2D eigenvalue weighted by Crippen LogP contribution is -2.57. The van der Waals surface area contributed by atoms with E-state index in [9.17, 15) is 35.5 Å². The summed E-state index contributed by atoms with van der Waals surface area (Å²) in [7, 11) is 0. The first-order valence-corrected chi connectivity index (χ1v) is 5.08. The molecule has 0 saturated carbocycles. The van der Waals surface area contributed by atoms with E-state index >= 15 is 0 Å². The quantitative estimate of drug-likeness (QED) is 0.476. The predicted molar refractivity (Wildman–Crippen MR) is 53.0 cm³/mol. The van der Waals surface area contributed by atoms with E-state index in [0.717, 1.165) is 18.2 Å². The second-order valence-electron chi connectivity index (χ2n) is 3.47. The van der Waals surface area contributed by atoms with Crippen molar-refractivity contribution in [2.24, 2.45) is 0 Å². The highest BCUT2D eigenvalue weighted by atomic mass is 35.5. The van der Waals surface area contributed by atoms with Gasteiger partial charge in [-0.25, -0.2) is 4.79 Å². The van der Waals surface area contributed by atoms with Gasteiger partial charge in [0, 0.05) is 0 Å². The molecule has 112 valence electrons. The Balaban J connectivity index is 3.05. The standard InChI is InChI=1S/C10H4ClF7O2/c11-5-3-1-2-4-6(5)20-7(19)8(12,13)9(14,15)10(16,17)18/h1-4H. The van der Waals surface area contributed by atoms with Gasteiger partial charge >= 0.3 is 24.0 Å². The maximum atomic E-state index is 12.9. The molecule has 0 aliphatic carbocycles. The zero-order valence-electron chi connectivity index (χ0n) is 9.15. The Labute approximate surface area is 112 Å². The molecule has 0 spiro atoms. The van der Waals surface area contributed by atoms with Crippen molar-refractivity contribution in [1.29, 1.82) is 0 Å². The van der Waals surface area contributed by atoms with Crippen LogP contribution in [0.3, 0.4) is 0 Å². The zero-order chi connectivity index (χ0) is 15.8. The number of alkyl halides is 7. The first kappa shape index (κ1) is 16.5. The summed E-state index contributed by atoms with van der Waals surface area (Å²) in [5, 5.41) is -0.410. The summed E-state index contributed by atoms with van der Waals surface area (Å²) in [5.74, 6) is -16.5. The van der Waals surface area contributed by atoms with Crippen molar-refractivity contribution in [3.8, 4) is 5.75 Å². The van der Waals surface area contributed by atoms with E-state index < -0.39 is 34.8 Å². The van der Waals surface area contributed by atoms with Crippen molar-refractivity contribution in [3.05, 3.63) is 29.3 Å². The highest BCUT2D eigenvalue weighted by Crippen LogP contribution is 2.47. The number of halogens is 8. The molecular formula is C10H4ClF7O2. The number of benzene rings is 1. The summed E-state index contributed by atoms with van der Waals surface area (Å²) < 4.78 is 90.3. The lowest BCUT2D eigenvalue weighted by Gasteiger charge is -2.26. The van der Waals surface area contributed by atoms with Gasteiger partial charge in [0.15, 0.2) is 0 Å². The third kappa shape index (κ3) is 2.82. The maximum absolute atomic E-state index is 12.9. The number of carbonyl (C=O) groups is 1. The minimum absolute atomic E-state index is 0.410. The van der Waals surface area contributed by atoms with Crippen LogP contribution in [0.4, 0.5) is 30.7 Å². The van der Waals surface area contributed by atoms with E-state index in [0.29, 0.717) is 0 Å². The highest BCUT2D eigenvalue weighted by Gasteiger charge is 2.77. The van der Waals surface area contributed by atoms with Crippen molar-refractivity contribution < 1.29 is 40.3 Å². The monoisotopic (exact) mass is 324 g/mol. The minimum atomic E-state index is -6.62. The summed E-state index contributed by atoms with van der Waals surface area (Å²) in [6.45, 7) is 0. The number of ether oxygens (including phenoxy) is 1. The van der Waals surface area contributed by atoms with Crippen LogP contribution in [0.15, 0.2) is 24.3 Å². The first-order chi connectivity index (χ1) is 8.91. The van der Waals surface area contributed by atoms with Crippen LogP contribution >= 0.6 is 11.6 Å². The van der Waals surface area contributed by atoms with Crippen LogP contribution in [0.2, 0.25) is 5.02 Å². The molecule has 1 aromatic carbocycles. The van der Waals surface area contributed by atoms with Gasteiger partial charge in [-0.15, -0.1) is 0 Å². The third-order valence-corrected chi connectivity index (χ3v) is 2.36. The van der Waals surface area contributed by atoms with Gasteiger partial charge < -0.3 is 4.74 Å². The van der Waals surface area contributed by atoms with Crippen LogP contribution in [-0.4, -0.2) is 24.0 Å². The minimum Gasteiger partial charge on any atom is -0.420 e. The summed E-state index contributed by atoms with van der Waals surface area (Å²) in [6, 6.07) is 4.35. The normalized spacial score (nSPS) is 13.2. The number of esters is 1. The molecule has 0 saturated heterocycles. The lowest BCUT2D eigenvalue weighted by molar-refractivity contribution is -0.346. The van der Waals surface area contributed by atoms with Gasteiger partial charge in [0.1, 0.15) is 5.75 Å². The molecule has 0 aliphatic heterocycles. The van der Waals surface area contributed by atoms with E-state index in [1.807, 2.05) is 0 Å². The molecule has 0 bridgehead atoms. The Bertz CT molecular complexity index is 513. The fourth-order valence-corrected chi connectivity index (χ4v) is 1.17. The Morgan fingerprint density at radius 3 is 1.95 bits per heavy atom. The third-order valence-electron chi connectivity index (χ3n) is 2.05. The molecule has 0 aliphatic rings. The second kappa shape index (κ2) is 5.12. The van der Waals surface area contributed by atoms with Gasteiger partial charge in [-0.2, -0.15) is 30.7 Å². The van der Waals surface area contributed by atoms with Crippen molar-refractivity contribution in [3.63, 3.8) is 0 Å². The zero-order valence-corrected chi connectivity index (χ0v) is 9.91. The van der Waals surface area contributed by atoms with Crippen LogP contribution in [0.1, 0.15) is 0 Å². The average Bonchev–Trinajstić information content (AvgIpc) is 2.30. The van der Waals surface area contributed by atoms with Crippen LogP contribution in [0.5, 0.6) is 5.75 Å². The van der Waals surface area contributed by atoms with Crippen molar-refractivity contribution in [2.75, 3.05) is 0 Å². The van der Waals surface area contributed by atoms with Crippen LogP contribution in [-0.2, 0) is 4.79 Å². The van der Waals surface area contributed by atoms with Gasteiger partial charge in [-0.1, -0.05) is 23.7 Å². The molecule has 0 aromatic heterocycles. The molecule has 10 heteroatoms. The highest BCUT2D eigenvalue weighted by molar-refractivity contribution is 6.32. The van der Waals surface area contributed by atoms with E-state index in [1.54, 1.807) is 0 Å². The molecule has 0 unspecified atom stereocenters. The molecular weight excluding hydrogens is 321 g/mol. The molecule has 0 atom stereocenters. The largest absolute Gasteiger partial charge is 0.460 e. The molecule has 1 aromatic rings. The summed E-state index contributed by atoms with van der Waals surface area (Å²) in [4.78, 5) is 10.9. The SMILES string of the molecule is O=C(Oc1ccccc1Cl)C(F)(F)C(F)(F)C(F)(F)F. The van der Waals surface area contributed by atoms with Crippen LogP contribution < -0.4 is 4.74 Å². The van der Waals surface area contributed by atoms with Gasteiger partial charge in [-0.3, -0.25) is 0 Å². The Kier molecular flexibility index (Phi) is 4.23. The molecule has 0 fully saturated rings. The van der Waals surface area contributed by atoms with Crippen LogP contribution in [0.25, 0.3) is 0 Å². The predicted octanol–water partition coefficient (Wildman–Crippen LogP) is 4.08. The fraction of sp³-hybridized carbons (Fsp3) is 0.300. The van der Waals surface area contributed by atoms with Crippen molar-refractivity contribution in [2.45, 2.75) is 18.0 Å². The molecule has 20 heavy (non-hydrogen) atoms. The maximum Gasteiger partial charge on any atom is 0.460 e. The molecule has 2 nitrogen and oxygen atoms in total. The molecule has 1 rings (SSSR count). The topological polar surface area (TPSA) is 26.3 Å². The van der Waals surface area contributed by atoms with Gasteiger partial charge in [0.2, 0.25) is 0 Å². The Morgan fingerprint density at radius 2 is 1.50 bits per heavy atom. The van der Waals surface area contributed by atoms with Gasteiger partial charge in [-0.05, 0) is 12.1 Å². The van der Waals surface area contributed by atoms with Gasteiger partial charge in [0.05, 0.1) is 5.02 Å². The molecule has 0 heterocycles. The summed E-state index contributed by atoms with van der Waals surface area (Å²) in [6.07, 6.45) is -6.62. The average molecular weight is 325 g/mol. The fourth-order valence-electron chi connectivity index (χ4n) is 0.998. The van der Waals surface area contributed by atoms with E-state index in [-0.39, 0.29) is 0 Å². The number of hydrogen-bond acceptors (Lipinski definition) is 2. The van der Waals surface area contributed by atoms with E-state index in [2.05, 4.69) is 4.74 Å². The van der Waals surface area contributed by atoms with Crippen molar-refractivity contribution in [1.82, 2.24) is 0 Å². The Morgan fingerprint density at radius 1 is 1.00 bits per heavy atom. The molecule has 0 radical (unpaired) electrons. The molecule has 0 amide bonds. The second-order valence-corrected chi connectivity index (χ2v) is 3.87. The number of para-hydroxylation sites is 1. The Hall–Kier alpha value is -1.51. The van der Waals surface area contributed by atoms with E-state index in [1.165, 1.54) is 6.07 Å². The summed E-state index contributed by atoms with van der Waals surface area (Å²) >= 11 is 5.39. The molecule has 0 N–H and O–H groups in total. The summed E-state index contributed by atoms with van der Waals surface area (Å²) in [5.41, 5.74) is 0. The van der Waals surface area contributed by atoms with E-state index in [4.69, 9.17) is 11.6 Å². The van der Waals surface area contributed by atoms with Crippen LogP contribution in [0, 0.1) is 0 Å². The smallest absolute Gasteiger partial charge is 0.420 e. The number of rotatable bonds is 3. The van der Waals surface area contributed by atoms with Gasteiger partial charge in [0.25, 0.3) is 0 Å².